The van der Waals surface area contributed by atoms with E-state index in [1.54, 1.807) is 4.90 Å². The largest absolute Gasteiger partial charge is 0.379 e. The van der Waals surface area contributed by atoms with E-state index in [0.29, 0.717) is 39.0 Å². The third-order valence-electron chi connectivity index (χ3n) is 6.01. The van der Waals surface area contributed by atoms with Crippen molar-refractivity contribution in [2.24, 2.45) is 0 Å². The van der Waals surface area contributed by atoms with E-state index in [1.807, 2.05) is 105 Å². The average molecular weight is 487 g/mol. The summed E-state index contributed by atoms with van der Waals surface area (Å²) in [6.45, 7) is 5.48. The van der Waals surface area contributed by atoms with Crippen LogP contribution >= 0.6 is 0 Å². The number of rotatable bonds is 14. The molecule has 3 aromatic carbocycles. The fourth-order valence-corrected chi connectivity index (χ4v) is 4.09. The summed E-state index contributed by atoms with van der Waals surface area (Å²) in [6, 6.07) is 29.2. The maximum atomic E-state index is 13.6. The SMILES string of the molecule is CC(C)OCCCNC(=O)[C@@H](Cc1ccccc1)N(Cc1ccccc1)C(=O)CCc1ccccc1. The molecule has 0 saturated heterocycles. The van der Waals surface area contributed by atoms with Crippen molar-refractivity contribution in [3.63, 3.8) is 0 Å². The van der Waals surface area contributed by atoms with Gasteiger partial charge in [-0.15, -0.1) is 0 Å². The Labute approximate surface area is 215 Å². The summed E-state index contributed by atoms with van der Waals surface area (Å²) in [5.41, 5.74) is 3.14. The van der Waals surface area contributed by atoms with Crippen LogP contribution in [-0.4, -0.2) is 42.0 Å². The number of benzene rings is 3. The Morgan fingerprint density at radius 2 is 1.36 bits per heavy atom. The van der Waals surface area contributed by atoms with Crippen LogP contribution in [0, 0.1) is 0 Å². The highest BCUT2D eigenvalue weighted by Gasteiger charge is 2.30. The van der Waals surface area contributed by atoms with Crippen LogP contribution in [0.1, 0.15) is 43.4 Å². The number of amides is 2. The molecule has 0 bridgehead atoms. The second kappa shape index (κ2) is 14.8. The number of hydrogen-bond donors (Lipinski definition) is 1. The number of ether oxygens (including phenoxy) is 1. The van der Waals surface area contributed by atoms with Gasteiger partial charge in [0, 0.05) is 32.5 Å². The number of nitrogens with one attached hydrogen (secondary N) is 1. The molecule has 0 spiro atoms. The van der Waals surface area contributed by atoms with E-state index in [1.165, 1.54) is 0 Å². The molecule has 0 saturated carbocycles. The van der Waals surface area contributed by atoms with Crippen molar-refractivity contribution in [2.45, 2.75) is 58.2 Å². The van der Waals surface area contributed by atoms with Gasteiger partial charge in [0.25, 0.3) is 0 Å². The van der Waals surface area contributed by atoms with Crippen LogP contribution in [0.3, 0.4) is 0 Å². The minimum Gasteiger partial charge on any atom is -0.379 e. The normalized spacial score (nSPS) is 11.8. The van der Waals surface area contributed by atoms with Gasteiger partial charge in [0.2, 0.25) is 11.8 Å². The van der Waals surface area contributed by atoms with Crippen molar-refractivity contribution in [3.05, 3.63) is 108 Å². The van der Waals surface area contributed by atoms with Crippen LogP contribution in [0.2, 0.25) is 0 Å². The van der Waals surface area contributed by atoms with E-state index in [4.69, 9.17) is 4.74 Å². The molecule has 3 rings (SSSR count). The first-order chi connectivity index (χ1) is 17.5. The lowest BCUT2D eigenvalue weighted by Crippen LogP contribution is -2.50. The van der Waals surface area contributed by atoms with Gasteiger partial charge in [0.1, 0.15) is 6.04 Å². The van der Waals surface area contributed by atoms with Gasteiger partial charge in [-0.2, -0.15) is 0 Å². The van der Waals surface area contributed by atoms with E-state index in [0.717, 1.165) is 23.1 Å². The summed E-state index contributed by atoms with van der Waals surface area (Å²) in [5.74, 6) is -0.158. The highest BCUT2D eigenvalue weighted by atomic mass is 16.5. The third-order valence-corrected chi connectivity index (χ3v) is 6.01. The van der Waals surface area contributed by atoms with Crippen molar-refractivity contribution in [1.29, 1.82) is 0 Å². The van der Waals surface area contributed by atoms with Gasteiger partial charge in [-0.05, 0) is 43.4 Å². The van der Waals surface area contributed by atoms with Gasteiger partial charge in [0.05, 0.1) is 6.10 Å². The Morgan fingerprint density at radius 1 is 0.806 bits per heavy atom. The van der Waals surface area contributed by atoms with E-state index < -0.39 is 6.04 Å². The molecule has 5 nitrogen and oxygen atoms in total. The predicted octanol–water partition coefficient (Wildman–Crippen LogP) is 5.19. The molecule has 0 aliphatic heterocycles. The molecule has 0 fully saturated rings. The Kier molecular flexibility index (Phi) is 11.2. The first kappa shape index (κ1) is 27.2. The minimum absolute atomic E-state index is 0.0260. The number of nitrogens with zero attached hydrogens (tertiary/aromatic N) is 1. The van der Waals surface area contributed by atoms with Gasteiger partial charge in [-0.25, -0.2) is 0 Å². The zero-order valence-corrected chi connectivity index (χ0v) is 21.4. The summed E-state index contributed by atoms with van der Waals surface area (Å²) in [6.07, 6.45) is 2.33. The van der Waals surface area contributed by atoms with Crippen LogP contribution in [0.15, 0.2) is 91.0 Å². The van der Waals surface area contributed by atoms with Crippen LogP contribution in [-0.2, 0) is 33.7 Å². The van der Waals surface area contributed by atoms with Gasteiger partial charge in [0.15, 0.2) is 0 Å². The van der Waals surface area contributed by atoms with Gasteiger partial charge in [-0.3, -0.25) is 9.59 Å². The molecule has 3 aromatic rings. The fourth-order valence-electron chi connectivity index (χ4n) is 4.09. The van der Waals surface area contributed by atoms with Crippen molar-refractivity contribution in [3.8, 4) is 0 Å². The maximum Gasteiger partial charge on any atom is 0.243 e. The minimum atomic E-state index is -0.609. The van der Waals surface area contributed by atoms with Crippen molar-refractivity contribution >= 4 is 11.8 Å². The molecular weight excluding hydrogens is 448 g/mol. The van der Waals surface area contributed by atoms with E-state index in [-0.39, 0.29) is 17.9 Å². The van der Waals surface area contributed by atoms with Gasteiger partial charge >= 0.3 is 0 Å². The quantitative estimate of drug-likeness (QED) is 0.319. The summed E-state index contributed by atoms with van der Waals surface area (Å²) in [4.78, 5) is 28.9. The molecule has 36 heavy (non-hydrogen) atoms. The van der Waals surface area contributed by atoms with Crippen LogP contribution in [0.25, 0.3) is 0 Å². The van der Waals surface area contributed by atoms with Crippen molar-refractivity contribution in [1.82, 2.24) is 10.2 Å². The number of hydrogen-bond acceptors (Lipinski definition) is 3. The molecule has 1 N–H and O–H groups in total. The molecule has 0 radical (unpaired) electrons. The molecule has 5 heteroatoms. The van der Waals surface area contributed by atoms with E-state index in [9.17, 15) is 9.59 Å². The standard InChI is InChI=1S/C31H38N2O3/c1-25(2)36-22-12-21-32-31(35)29(23-27-15-8-4-9-16-27)33(24-28-17-10-5-11-18-28)30(34)20-19-26-13-6-3-7-14-26/h3-11,13-18,25,29H,12,19-24H2,1-2H3,(H,32,35)/t29-/m1/s1. The Morgan fingerprint density at radius 3 is 1.94 bits per heavy atom. The van der Waals surface area contributed by atoms with Crippen molar-refractivity contribution < 1.29 is 14.3 Å². The molecule has 2 amide bonds. The predicted molar refractivity (Wildman–Crippen MR) is 144 cm³/mol. The second-order valence-corrected chi connectivity index (χ2v) is 9.26. The number of carbonyl (C=O) groups excluding carboxylic acids is 2. The Bertz CT molecular complexity index is 1040. The fraction of sp³-hybridized carbons (Fsp3) is 0.355. The van der Waals surface area contributed by atoms with Crippen LogP contribution in [0.5, 0.6) is 0 Å². The molecule has 1 atom stereocenters. The first-order valence-corrected chi connectivity index (χ1v) is 12.8. The molecule has 0 aliphatic carbocycles. The van der Waals surface area contributed by atoms with E-state index in [2.05, 4.69) is 5.32 Å². The lowest BCUT2D eigenvalue weighted by atomic mass is 10.0. The third kappa shape index (κ3) is 9.31. The maximum absolute atomic E-state index is 13.6. The van der Waals surface area contributed by atoms with Crippen LogP contribution < -0.4 is 5.32 Å². The van der Waals surface area contributed by atoms with Crippen molar-refractivity contribution in [2.75, 3.05) is 13.2 Å². The smallest absolute Gasteiger partial charge is 0.243 e. The number of carbonyl (C=O) groups is 2. The molecule has 0 aliphatic rings. The highest BCUT2D eigenvalue weighted by Crippen LogP contribution is 2.17. The lowest BCUT2D eigenvalue weighted by Gasteiger charge is -2.31. The first-order valence-electron chi connectivity index (χ1n) is 12.8. The lowest BCUT2D eigenvalue weighted by molar-refractivity contribution is -0.141. The van der Waals surface area contributed by atoms with E-state index >= 15 is 0 Å². The molecular formula is C31H38N2O3. The summed E-state index contributed by atoms with van der Waals surface area (Å²) in [5, 5.41) is 3.06. The highest BCUT2D eigenvalue weighted by molar-refractivity contribution is 5.88. The topological polar surface area (TPSA) is 58.6 Å². The Balaban J connectivity index is 1.79. The average Bonchev–Trinajstić information content (AvgIpc) is 2.90. The van der Waals surface area contributed by atoms with Gasteiger partial charge < -0.3 is 15.0 Å². The molecule has 0 unspecified atom stereocenters. The monoisotopic (exact) mass is 486 g/mol. The molecule has 0 heterocycles. The Hall–Kier alpha value is -3.44. The molecule has 190 valence electrons. The van der Waals surface area contributed by atoms with Crippen LogP contribution in [0.4, 0.5) is 0 Å². The zero-order chi connectivity index (χ0) is 25.6. The summed E-state index contributed by atoms with van der Waals surface area (Å²) < 4.78 is 5.60. The second-order valence-electron chi connectivity index (χ2n) is 9.26. The number of aryl methyl sites for hydroxylation is 1. The summed E-state index contributed by atoms with van der Waals surface area (Å²) in [7, 11) is 0. The summed E-state index contributed by atoms with van der Waals surface area (Å²) >= 11 is 0. The molecule has 0 aromatic heterocycles. The van der Waals surface area contributed by atoms with Gasteiger partial charge in [-0.1, -0.05) is 91.0 Å². The zero-order valence-electron chi connectivity index (χ0n) is 21.4.